The quantitative estimate of drug-likeness (QED) is 0.824. The fourth-order valence-corrected chi connectivity index (χ4v) is 2.68. The summed E-state index contributed by atoms with van der Waals surface area (Å²) >= 11 is 0. The summed E-state index contributed by atoms with van der Waals surface area (Å²) in [6.45, 7) is 1.25. The first kappa shape index (κ1) is 15.2. The standard InChI is InChI=1S/C14H18N2O5/c1-21-12-9(3-2-5-15-12)7-16-6-4-10(13(17)18)11(8-16)14(19)20/h2-3,5,10-11H,4,6-8H2,1H3,(H,17,18)(H,19,20). The second-order valence-corrected chi connectivity index (χ2v) is 5.09. The molecule has 0 radical (unpaired) electrons. The van der Waals surface area contributed by atoms with E-state index in [-0.39, 0.29) is 6.54 Å². The van der Waals surface area contributed by atoms with Crippen molar-refractivity contribution in [3.8, 4) is 5.88 Å². The van der Waals surface area contributed by atoms with Crippen molar-refractivity contribution in [1.82, 2.24) is 9.88 Å². The Kier molecular flexibility index (Phi) is 4.74. The van der Waals surface area contributed by atoms with Gasteiger partial charge in [0.15, 0.2) is 0 Å². The highest BCUT2D eigenvalue weighted by Crippen LogP contribution is 2.26. The third-order valence-corrected chi connectivity index (χ3v) is 3.77. The molecule has 2 unspecified atom stereocenters. The van der Waals surface area contributed by atoms with Gasteiger partial charge in [0.2, 0.25) is 5.88 Å². The molecular formula is C14H18N2O5. The Morgan fingerprint density at radius 2 is 2.10 bits per heavy atom. The van der Waals surface area contributed by atoms with E-state index in [1.54, 1.807) is 12.3 Å². The highest BCUT2D eigenvalue weighted by molar-refractivity contribution is 5.80. The van der Waals surface area contributed by atoms with Gasteiger partial charge in [0.1, 0.15) is 0 Å². The molecule has 2 heterocycles. The number of aromatic nitrogens is 1. The summed E-state index contributed by atoms with van der Waals surface area (Å²) in [5.41, 5.74) is 0.859. The third-order valence-electron chi connectivity index (χ3n) is 3.77. The van der Waals surface area contributed by atoms with Crippen LogP contribution >= 0.6 is 0 Å². The largest absolute Gasteiger partial charge is 0.481 e. The van der Waals surface area contributed by atoms with E-state index < -0.39 is 23.8 Å². The molecule has 0 amide bonds. The van der Waals surface area contributed by atoms with Crippen LogP contribution in [0.5, 0.6) is 5.88 Å². The third kappa shape index (κ3) is 3.49. The highest BCUT2D eigenvalue weighted by atomic mass is 16.5. The van der Waals surface area contributed by atoms with Gasteiger partial charge < -0.3 is 14.9 Å². The Morgan fingerprint density at radius 1 is 1.38 bits per heavy atom. The van der Waals surface area contributed by atoms with Crippen LogP contribution < -0.4 is 4.74 Å². The molecule has 0 spiro atoms. The lowest BCUT2D eigenvalue weighted by molar-refractivity contribution is -0.157. The molecule has 114 valence electrons. The Balaban J connectivity index is 2.09. The summed E-state index contributed by atoms with van der Waals surface area (Å²) in [7, 11) is 1.53. The van der Waals surface area contributed by atoms with Gasteiger partial charge in [0, 0.05) is 24.8 Å². The van der Waals surface area contributed by atoms with E-state index >= 15 is 0 Å². The van der Waals surface area contributed by atoms with Crippen LogP contribution in [0.2, 0.25) is 0 Å². The molecule has 2 atom stereocenters. The molecule has 1 aliphatic rings. The zero-order valence-corrected chi connectivity index (χ0v) is 11.7. The average Bonchev–Trinajstić information content (AvgIpc) is 2.47. The number of ether oxygens (including phenoxy) is 1. The number of methoxy groups -OCH3 is 1. The molecule has 1 aromatic heterocycles. The van der Waals surface area contributed by atoms with Crippen LogP contribution in [0, 0.1) is 11.8 Å². The molecule has 7 heteroatoms. The summed E-state index contributed by atoms with van der Waals surface area (Å²) in [6, 6.07) is 3.65. The van der Waals surface area contributed by atoms with E-state index in [2.05, 4.69) is 4.98 Å². The van der Waals surface area contributed by atoms with E-state index in [9.17, 15) is 14.7 Å². The number of carbonyl (C=O) groups is 2. The number of pyridine rings is 1. The summed E-state index contributed by atoms with van der Waals surface area (Å²) < 4.78 is 5.17. The summed E-state index contributed by atoms with van der Waals surface area (Å²) in [5, 5.41) is 18.3. The smallest absolute Gasteiger partial charge is 0.308 e. The molecule has 0 saturated carbocycles. The number of carboxylic acid groups (broad SMARTS) is 2. The Morgan fingerprint density at radius 3 is 2.71 bits per heavy atom. The van der Waals surface area contributed by atoms with Crippen molar-refractivity contribution < 1.29 is 24.5 Å². The first-order valence-electron chi connectivity index (χ1n) is 6.68. The minimum Gasteiger partial charge on any atom is -0.481 e. The zero-order chi connectivity index (χ0) is 15.4. The van der Waals surface area contributed by atoms with Gasteiger partial charge in [0.05, 0.1) is 18.9 Å². The van der Waals surface area contributed by atoms with Crippen molar-refractivity contribution in [2.24, 2.45) is 11.8 Å². The molecule has 0 aliphatic carbocycles. The van der Waals surface area contributed by atoms with Crippen LogP contribution in [-0.4, -0.2) is 52.2 Å². The fourth-order valence-electron chi connectivity index (χ4n) is 2.68. The maximum Gasteiger partial charge on any atom is 0.308 e. The van der Waals surface area contributed by atoms with Crippen LogP contribution in [0.1, 0.15) is 12.0 Å². The molecule has 2 N–H and O–H groups in total. The second-order valence-electron chi connectivity index (χ2n) is 5.09. The van der Waals surface area contributed by atoms with E-state index in [4.69, 9.17) is 9.84 Å². The molecule has 1 aromatic rings. The van der Waals surface area contributed by atoms with Crippen LogP contribution in [0.4, 0.5) is 0 Å². The number of nitrogens with zero attached hydrogens (tertiary/aromatic N) is 2. The molecule has 1 fully saturated rings. The molecule has 21 heavy (non-hydrogen) atoms. The van der Waals surface area contributed by atoms with Gasteiger partial charge in [-0.05, 0) is 19.0 Å². The first-order chi connectivity index (χ1) is 10.0. The molecule has 0 aromatic carbocycles. The van der Waals surface area contributed by atoms with Crippen LogP contribution in [0.15, 0.2) is 18.3 Å². The molecule has 1 aliphatic heterocycles. The molecular weight excluding hydrogens is 276 g/mol. The number of piperidine rings is 1. The van der Waals surface area contributed by atoms with E-state index in [0.29, 0.717) is 25.4 Å². The highest BCUT2D eigenvalue weighted by Gasteiger charge is 2.38. The fraction of sp³-hybridized carbons (Fsp3) is 0.500. The minimum atomic E-state index is -1.06. The van der Waals surface area contributed by atoms with Crippen molar-refractivity contribution >= 4 is 11.9 Å². The van der Waals surface area contributed by atoms with Gasteiger partial charge in [-0.1, -0.05) is 6.07 Å². The van der Waals surface area contributed by atoms with Gasteiger partial charge in [-0.2, -0.15) is 0 Å². The van der Waals surface area contributed by atoms with Crippen molar-refractivity contribution in [3.05, 3.63) is 23.9 Å². The lowest BCUT2D eigenvalue weighted by Gasteiger charge is -2.34. The first-order valence-corrected chi connectivity index (χ1v) is 6.68. The number of hydrogen-bond acceptors (Lipinski definition) is 5. The Hall–Kier alpha value is -2.15. The summed E-state index contributed by atoms with van der Waals surface area (Å²) in [5.74, 6) is -3.32. The van der Waals surface area contributed by atoms with Crippen molar-refractivity contribution in [3.63, 3.8) is 0 Å². The van der Waals surface area contributed by atoms with Crippen LogP contribution in [0.25, 0.3) is 0 Å². The summed E-state index contributed by atoms with van der Waals surface area (Å²) in [6.07, 6.45) is 1.95. The Bertz CT molecular complexity index is 534. The van der Waals surface area contributed by atoms with E-state index in [1.165, 1.54) is 7.11 Å². The SMILES string of the molecule is COc1ncccc1CN1CCC(C(=O)O)C(C(=O)O)C1. The number of likely N-dealkylation sites (tertiary alicyclic amines) is 1. The minimum absolute atomic E-state index is 0.213. The van der Waals surface area contributed by atoms with Gasteiger partial charge in [-0.15, -0.1) is 0 Å². The lowest BCUT2D eigenvalue weighted by Crippen LogP contribution is -2.46. The average molecular weight is 294 g/mol. The normalized spacial score (nSPS) is 22.7. The summed E-state index contributed by atoms with van der Waals surface area (Å²) in [4.78, 5) is 28.4. The van der Waals surface area contributed by atoms with Crippen LogP contribution in [0.3, 0.4) is 0 Å². The van der Waals surface area contributed by atoms with Crippen molar-refractivity contribution in [2.45, 2.75) is 13.0 Å². The number of carboxylic acids is 2. The maximum atomic E-state index is 11.3. The zero-order valence-electron chi connectivity index (χ0n) is 11.7. The van der Waals surface area contributed by atoms with E-state index in [1.807, 2.05) is 11.0 Å². The maximum absolute atomic E-state index is 11.3. The van der Waals surface area contributed by atoms with Gasteiger partial charge >= 0.3 is 11.9 Å². The number of hydrogen-bond donors (Lipinski definition) is 2. The Labute approximate surface area is 122 Å². The second kappa shape index (κ2) is 6.53. The number of rotatable bonds is 5. The predicted molar refractivity (Wildman–Crippen MR) is 72.9 cm³/mol. The van der Waals surface area contributed by atoms with Gasteiger partial charge in [-0.25, -0.2) is 4.98 Å². The predicted octanol–water partition coefficient (Wildman–Crippen LogP) is 0.698. The molecule has 2 rings (SSSR count). The monoisotopic (exact) mass is 294 g/mol. The van der Waals surface area contributed by atoms with Crippen LogP contribution in [-0.2, 0) is 16.1 Å². The van der Waals surface area contributed by atoms with Gasteiger partial charge in [-0.3, -0.25) is 14.5 Å². The van der Waals surface area contributed by atoms with Crippen molar-refractivity contribution in [2.75, 3.05) is 20.2 Å². The van der Waals surface area contributed by atoms with Gasteiger partial charge in [0.25, 0.3) is 0 Å². The van der Waals surface area contributed by atoms with Crippen molar-refractivity contribution in [1.29, 1.82) is 0 Å². The lowest BCUT2D eigenvalue weighted by atomic mass is 9.85. The molecule has 0 bridgehead atoms. The van der Waals surface area contributed by atoms with E-state index in [0.717, 1.165) is 5.56 Å². The number of aliphatic carboxylic acids is 2. The topological polar surface area (TPSA) is 100.0 Å². The molecule has 1 saturated heterocycles. The molecule has 7 nitrogen and oxygen atoms in total.